The van der Waals surface area contributed by atoms with E-state index in [1.165, 1.54) is 0 Å². The third kappa shape index (κ3) is 9.26. The topological polar surface area (TPSA) is 164 Å². The van der Waals surface area contributed by atoms with Crippen molar-refractivity contribution in [2.24, 2.45) is 10.2 Å². The standard InChI is InChI=1S/C21H24BrN5O7.Na/c1-3-4-7-25(8-9-34-13-20(28)29)15-5-6-18(14(2)10-15)23-24-21-17(22)11-16(26(30)31)12-19(21)27(32)33;/h5-6,10-12H,3-4,7-9,13H2,1-2H3,(H,28,29);/q;+1/p-1. The fourth-order valence-electron chi connectivity index (χ4n) is 3.02. The first-order valence-corrected chi connectivity index (χ1v) is 11.1. The zero-order chi connectivity index (χ0) is 25.3. The van der Waals surface area contributed by atoms with Gasteiger partial charge in [-0.1, -0.05) is 13.3 Å². The van der Waals surface area contributed by atoms with Crippen molar-refractivity contribution in [3.63, 3.8) is 0 Å². The van der Waals surface area contributed by atoms with Gasteiger partial charge in [0.1, 0.15) is 0 Å². The maximum atomic E-state index is 11.4. The number of nitrogens with zero attached hydrogens (tertiary/aromatic N) is 5. The number of non-ortho nitro benzene ring substituents is 1. The van der Waals surface area contributed by atoms with Crippen LogP contribution in [0, 0.1) is 27.2 Å². The number of benzene rings is 2. The number of hydrogen-bond donors (Lipinski definition) is 0. The van der Waals surface area contributed by atoms with Gasteiger partial charge < -0.3 is 19.5 Å². The van der Waals surface area contributed by atoms with Gasteiger partial charge in [-0.05, 0) is 53.0 Å². The fraction of sp³-hybridized carbons (Fsp3) is 0.381. The summed E-state index contributed by atoms with van der Waals surface area (Å²) >= 11 is 3.10. The van der Waals surface area contributed by atoms with Gasteiger partial charge in [-0.15, -0.1) is 10.2 Å². The number of aryl methyl sites for hydroxylation is 1. The number of nitro benzene ring substituents is 2. The maximum absolute atomic E-state index is 11.4. The van der Waals surface area contributed by atoms with Crippen molar-refractivity contribution in [1.29, 1.82) is 0 Å². The normalized spacial score (nSPS) is 10.7. The Bertz CT molecular complexity index is 1100. The monoisotopic (exact) mass is 559 g/mol. The number of carbonyl (C=O) groups excluding carboxylic acids is 1. The molecular weight excluding hydrogens is 537 g/mol. The minimum absolute atomic E-state index is 0. The molecule has 0 saturated heterocycles. The molecule has 0 fully saturated rings. The van der Waals surface area contributed by atoms with E-state index in [2.05, 4.69) is 38.0 Å². The molecule has 0 unspecified atom stereocenters. The largest absolute Gasteiger partial charge is 1.00 e. The summed E-state index contributed by atoms with van der Waals surface area (Å²) in [4.78, 5) is 33.5. The molecule has 2 aromatic rings. The van der Waals surface area contributed by atoms with Crippen LogP contribution in [0.2, 0.25) is 0 Å². The van der Waals surface area contributed by atoms with Crippen molar-refractivity contribution < 1.29 is 54.0 Å². The van der Waals surface area contributed by atoms with Crippen molar-refractivity contribution in [3.8, 4) is 0 Å². The van der Waals surface area contributed by atoms with E-state index in [-0.39, 0.29) is 46.3 Å². The van der Waals surface area contributed by atoms with Gasteiger partial charge in [0, 0.05) is 24.8 Å². The summed E-state index contributed by atoms with van der Waals surface area (Å²) in [6.07, 6.45) is 1.91. The molecule has 0 heterocycles. The van der Waals surface area contributed by atoms with Gasteiger partial charge in [0.15, 0.2) is 5.69 Å². The van der Waals surface area contributed by atoms with Crippen LogP contribution in [-0.2, 0) is 9.53 Å². The molecule has 12 nitrogen and oxygen atoms in total. The number of carboxylic acid groups (broad SMARTS) is 1. The fourth-order valence-corrected chi connectivity index (χ4v) is 3.53. The number of carboxylic acids is 1. The van der Waals surface area contributed by atoms with Crippen molar-refractivity contribution in [2.75, 3.05) is 31.2 Å². The van der Waals surface area contributed by atoms with Crippen LogP contribution in [0.5, 0.6) is 0 Å². The Labute approximate surface area is 232 Å². The van der Waals surface area contributed by atoms with Gasteiger partial charge in [-0.2, -0.15) is 0 Å². The van der Waals surface area contributed by atoms with Crippen molar-refractivity contribution in [1.82, 2.24) is 0 Å². The number of anilines is 1. The molecule has 0 atom stereocenters. The minimum atomic E-state index is -1.27. The number of ether oxygens (including phenoxy) is 1. The summed E-state index contributed by atoms with van der Waals surface area (Å²) < 4.78 is 5.17. The predicted octanol–water partition coefficient (Wildman–Crippen LogP) is 1.37. The van der Waals surface area contributed by atoms with E-state index in [1.807, 2.05) is 19.1 Å². The van der Waals surface area contributed by atoms with Gasteiger partial charge in [-0.3, -0.25) is 20.2 Å². The molecule has 0 saturated carbocycles. The van der Waals surface area contributed by atoms with Crippen molar-refractivity contribution >= 4 is 50.3 Å². The molecule has 0 aliphatic heterocycles. The smallest absolute Gasteiger partial charge is 0.548 e. The molecule has 14 heteroatoms. The van der Waals surface area contributed by atoms with Crippen LogP contribution in [0.3, 0.4) is 0 Å². The zero-order valence-electron chi connectivity index (χ0n) is 19.6. The Morgan fingerprint density at radius 2 is 1.83 bits per heavy atom. The number of carbonyl (C=O) groups is 1. The zero-order valence-corrected chi connectivity index (χ0v) is 23.2. The van der Waals surface area contributed by atoms with Crippen LogP contribution < -0.4 is 39.6 Å². The molecule has 0 spiro atoms. The third-order valence-corrected chi connectivity index (χ3v) is 5.35. The third-order valence-electron chi connectivity index (χ3n) is 4.75. The molecule has 182 valence electrons. The Morgan fingerprint density at radius 3 is 2.40 bits per heavy atom. The number of rotatable bonds is 13. The molecule has 0 radical (unpaired) electrons. The first-order chi connectivity index (χ1) is 16.1. The van der Waals surface area contributed by atoms with Gasteiger partial charge in [0.05, 0.1) is 45.3 Å². The van der Waals surface area contributed by atoms with E-state index in [0.717, 1.165) is 42.8 Å². The summed E-state index contributed by atoms with van der Waals surface area (Å²) in [5.74, 6) is -1.27. The summed E-state index contributed by atoms with van der Waals surface area (Å²) in [6, 6.07) is 7.37. The molecule has 0 aliphatic rings. The molecule has 0 aromatic heterocycles. The molecule has 0 bridgehead atoms. The van der Waals surface area contributed by atoms with E-state index >= 15 is 0 Å². The van der Waals surface area contributed by atoms with E-state index in [9.17, 15) is 30.1 Å². The first kappa shape index (κ1) is 30.6. The van der Waals surface area contributed by atoms with Crippen molar-refractivity contribution in [3.05, 3.63) is 60.6 Å². The number of hydrogen-bond acceptors (Lipinski definition) is 10. The SMILES string of the molecule is CCCCN(CCOCC(=O)[O-])c1ccc(N=Nc2c(Br)cc([N+](=O)[O-])cc2[N+](=O)[O-])c(C)c1.[Na+]. The van der Waals surface area contributed by atoms with Crippen LogP contribution in [0.25, 0.3) is 0 Å². The Hall–Kier alpha value is -2.45. The molecule has 0 aliphatic carbocycles. The second-order valence-electron chi connectivity index (χ2n) is 7.25. The molecule has 2 aromatic carbocycles. The maximum Gasteiger partial charge on any atom is 1.00 e. The second kappa shape index (κ2) is 14.8. The van der Waals surface area contributed by atoms with Gasteiger partial charge in [0.2, 0.25) is 0 Å². The quantitative estimate of drug-likeness (QED) is 0.117. The average molecular weight is 560 g/mol. The Balaban J connectivity index is 0.00000612. The minimum Gasteiger partial charge on any atom is -0.548 e. The molecular formula is C21H23BrN5NaO7. The van der Waals surface area contributed by atoms with E-state index in [0.29, 0.717) is 12.2 Å². The summed E-state index contributed by atoms with van der Waals surface area (Å²) in [5.41, 5.74) is 0.986. The Morgan fingerprint density at radius 1 is 1.11 bits per heavy atom. The number of aliphatic carboxylic acids is 1. The second-order valence-corrected chi connectivity index (χ2v) is 8.10. The summed E-state index contributed by atoms with van der Waals surface area (Å²) in [6.45, 7) is 4.85. The van der Waals surface area contributed by atoms with Crippen molar-refractivity contribution in [2.45, 2.75) is 26.7 Å². The molecule has 0 amide bonds. The number of unbranched alkanes of at least 4 members (excludes halogenated alkanes) is 1. The molecule has 35 heavy (non-hydrogen) atoms. The van der Waals surface area contributed by atoms with E-state index in [1.54, 1.807) is 6.07 Å². The van der Waals surface area contributed by atoms with Gasteiger partial charge in [-0.25, -0.2) is 0 Å². The van der Waals surface area contributed by atoms with E-state index in [4.69, 9.17) is 4.74 Å². The average Bonchev–Trinajstić information content (AvgIpc) is 2.77. The number of azo groups is 1. The predicted molar refractivity (Wildman–Crippen MR) is 126 cm³/mol. The van der Waals surface area contributed by atoms with Crippen LogP contribution in [-0.4, -0.2) is 42.1 Å². The first-order valence-electron chi connectivity index (χ1n) is 10.3. The van der Waals surface area contributed by atoms with Crippen LogP contribution in [0.15, 0.2) is 45.0 Å². The Kier molecular flexibility index (Phi) is 13.0. The molecule has 0 N–H and O–H groups in total. The van der Waals surface area contributed by atoms with Crippen LogP contribution >= 0.6 is 15.9 Å². The number of nitro groups is 2. The summed E-state index contributed by atoms with van der Waals surface area (Å²) in [5, 5.41) is 41.0. The number of halogens is 1. The van der Waals surface area contributed by atoms with Crippen LogP contribution in [0.4, 0.5) is 28.4 Å². The van der Waals surface area contributed by atoms with Gasteiger partial charge in [0.25, 0.3) is 5.69 Å². The van der Waals surface area contributed by atoms with E-state index < -0.39 is 33.8 Å². The molecule has 2 rings (SSSR count). The van der Waals surface area contributed by atoms with Crippen LogP contribution in [0.1, 0.15) is 25.3 Å². The summed E-state index contributed by atoms with van der Waals surface area (Å²) in [7, 11) is 0. The van der Waals surface area contributed by atoms with Gasteiger partial charge >= 0.3 is 35.2 Å².